The lowest BCUT2D eigenvalue weighted by atomic mass is 9.86. The van der Waals surface area contributed by atoms with E-state index in [0.717, 1.165) is 6.42 Å². The summed E-state index contributed by atoms with van der Waals surface area (Å²) in [5.74, 6) is 1.85. The Kier molecular flexibility index (Phi) is 6.56. The summed E-state index contributed by atoms with van der Waals surface area (Å²) < 4.78 is 0. The number of nitrogens with one attached hydrogen (secondary N) is 1. The fourth-order valence-corrected chi connectivity index (χ4v) is 4.89. The Morgan fingerprint density at radius 2 is 1.92 bits per heavy atom. The van der Waals surface area contributed by atoms with E-state index in [4.69, 9.17) is 5.26 Å². The third-order valence-electron chi connectivity index (χ3n) is 5.28. The number of hydrogen-bond donors (Lipinski definition) is 1. The van der Waals surface area contributed by atoms with Gasteiger partial charge in [0.25, 0.3) is 0 Å². The Balaban J connectivity index is 1.53. The molecule has 1 N–H and O–H groups in total. The molecular weight excluding hydrogens is 346 g/mol. The van der Waals surface area contributed by atoms with Gasteiger partial charge in [-0.05, 0) is 36.6 Å². The standard InChI is InChI=1S/C20H25N3O2S/c21-12-16-6-9-17(10-7-16)22-20(25)18-13-26-14-23(18)19(24)11-8-15-4-2-1-3-5-15/h6-7,9-10,15,18H,1-5,8,11,13-14H2,(H,22,25). The van der Waals surface area contributed by atoms with Crippen molar-refractivity contribution in [1.29, 1.82) is 5.26 Å². The zero-order valence-corrected chi connectivity index (χ0v) is 15.8. The van der Waals surface area contributed by atoms with E-state index in [1.165, 1.54) is 32.1 Å². The summed E-state index contributed by atoms with van der Waals surface area (Å²) in [7, 11) is 0. The van der Waals surface area contributed by atoms with Gasteiger partial charge in [-0.25, -0.2) is 0 Å². The number of thioether (sulfide) groups is 1. The molecular formula is C20H25N3O2S. The molecule has 1 unspecified atom stereocenters. The molecule has 1 saturated carbocycles. The fourth-order valence-electron chi connectivity index (χ4n) is 3.71. The largest absolute Gasteiger partial charge is 0.324 e. The molecule has 1 heterocycles. The van der Waals surface area contributed by atoms with Gasteiger partial charge in [-0.2, -0.15) is 5.26 Å². The lowest BCUT2D eigenvalue weighted by molar-refractivity contribution is -0.136. The van der Waals surface area contributed by atoms with E-state index >= 15 is 0 Å². The summed E-state index contributed by atoms with van der Waals surface area (Å²) in [6.45, 7) is 0. The van der Waals surface area contributed by atoms with Crippen molar-refractivity contribution >= 4 is 29.3 Å². The van der Waals surface area contributed by atoms with E-state index in [0.29, 0.717) is 35.2 Å². The summed E-state index contributed by atoms with van der Waals surface area (Å²) in [4.78, 5) is 27.0. The van der Waals surface area contributed by atoms with Crippen LogP contribution in [-0.2, 0) is 9.59 Å². The van der Waals surface area contributed by atoms with Crippen molar-refractivity contribution in [3.05, 3.63) is 29.8 Å². The van der Waals surface area contributed by atoms with E-state index in [2.05, 4.69) is 11.4 Å². The first kappa shape index (κ1) is 18.8. The number of carbonyl (C=O) groups is 2. The predicted molar refractivity (Wildman–Crippen MR) is 104 cm³/mol. The summed E-state index contributed by atoms with van der Waals surface area (Å²) in [6, 6.07) is 8.43. The third-order valence-corrected chi connectivity index (χ3v) is 6.29. The van der Waals surface area contributed by atoms with E-state index in [9.17, 15) is 9.59 Å². The minimum absolute atomic E-state index is 0.0977. The Bertz CT molecular complexity index is 677. The Morgan fingerprint density at radius 3 is 2.62 bits per heavy atom. The normalized spacial score (nSPS) is 20.6. The topological polar surface area (TPSA) is 73.2 Å². The van der Waals surface area contributed by atoms with Crippen LogP contribution in [-0.4, -0.2) is 34.4 Å². The molecule has 1 saturated heterocycles. The van der Waals surface area contributed by atoms with Gasteiger partial charge in [-0.15, -0.1) is 11.8 Å². The summed E-state index contributed by atoms with van der Waals surface area (Å²) in [6.07, 6.45) is 7.87. The van der Waals surface area contributed by atoms with E-state index in [-0.39, 0.29) is 11.8 Å². The second kappa shape index (κ2) is 9.09. The second-order valence-electron chi connectivity index (χ2n) is 7.10. The van der Waals surface area contributed by atoms with Gasteiger partial charge in [-0.3, -0.25) is 9.59 Å². The van der Waals surface area contributed by atoms with Crippen molar-refractivity contribution in [2.45, 2.75) is 51.0 Å². The van der Waals surface area contributed by atoms with Crippen LogP contribution < -0.4 is 5.32 Å². The number of nitriles is 1. The number of hydrogen-bond acceptors (Lipinski definition) is 4. The lowest BCUT2D eigenvalue weighted by Crippen LogP contribution is -2.44. The van der Waals surface area contributed by atoms with Gasteiger partial charge >= 0.3 is 0 Å². The Labute approximate surface area is 159 Å². The average molecular weight is 372 g/mol. The molecule has 2 aliphatic rings. The first-order chi connectivity index (χ1) is 12.7. The maximum Gasteiger partial charge on any atom is 0.248 e. The van der Waals surface area contributed by atoms with Crippen LogP contribution in [0.15, 0.2) is 24.3 Å². The maximum atomic E-state index is 12.6. The molecule has 0 aromatic heterocycles. The zero-order valence-electron chi connectivity index (χ0n) is 14.9. The number of anilines is 1. The van der Waals surface area contributed by atoms with Gasteiger partial charge in [0.05, 0.1) is 17.5 Å². The van der Waals surface area contributed by atoms with E-state index < -0.39 is 6.04 Å². The van der Waals surface area contributed by atoms with Crippen molar-refractivity contribution in [2.75, 3.05) is 16.9 Å². The van der Waals surface area contributed by atoms with Gasteiger partial charge in [0.15, 0.2) is 0 Å². The van der Waals surface area contributed by atoms with Gasteiger partial charge in [0, 0.05) is 17.9 Å². The van der Waals surface area contributed by atoms with Crippen LogP contribution in [0.2, 0.25) is 0 Å². The highest BCUT2D eigenvalue weighted by molar-refractivity contribution is 7.99. The minimum atomic E-state index is -0.408. The van der Waals surface area contributed by atoms with Gasteiger partial charge in [-0.1, -0.05) is 32.1 Å². The molecule has 138 valence electrons. The molecule has 2 amide bonds. The lowest BCUT2D eigenvalue weighted by Gasteiger charge is -2.25. The van der Waals surface area contributed by atoms with Gasteiger partial charge < -0.3 is 10.2 Å². The smallest absolute Gasteiger partial charge is 0.248 e. The summed E-state index contributed by atoms with van der Waals surface area (Å²) in [5.41, 5.74) is 1.21. The quantitative estimate of drug-likeness (QED) is 0.855. The second-order valence-corrected chi connectivity index (χ2v) is 8.10. The first-order valence-electron chi connectivity index (χ1n) is 9.35. The molecule has 2 fully saturated rings. The molecule has 6 heteroatoms. The van der Waals surface area contributed by atoms with Crippen LogP contribution in [0.1, 0.15) is 50.5 Å². The van der Waals surface area contributed by atoms with Crippen molar-refractivity contribution in [3.8, 4) is 6.07 Å². The molecule has 26 heavy (non-hydrogen) atoms. The van der Waals surface area contributed by atoms with Gasteiger partial charge in [0.2, 0.25) is 11.8 Å². The highest BCUT2D eigenvalue weighted by atomic mass is 32.2. The molecule has 0 spiro atoms. The van der Waals surface area contributed by atoms with Crippen LogP contribution in [0.3, 0.4) is 0 Å². The number of nitrogens with zero attached hydrogens (tertiary/aromatic N) is 2. The molecule has 3 rings (SSSR count). The number of rotatable bonds is 5. The van der Waals surface area contributed by atoms with E-state index in [1.54, 1.807) is 40.9 Å². The Hall–Kier alpha value is -2.00. The summed E-state index contributed by atoms with van der Waals surface area (Å²) in [5, 5.41) is 11.7. The van der Waals surface area contributed by atoms with Crippen molar-refractivity contribution in [3.63, 3.8) is 0 Å². The Morgan fingerprint density at radius 1 is 1.19 bits per heavy atom. The number of amides is 2. The average Bonchev–Trinajstić information content (AvgIpc) is 3.17. The highest BCUT2D eigenvalue weighted by Gasteiger charge is 2.34. The fraction of sp³-hybridized carbons (Fsp3) is 0.550. The minimum Gasteiger partial charge on any atom is -0.324 e. The molecule has 1 aromatic carbocycles. The third kappa shape index (κ3) is 4.79. The predicted octanol–water partition coefficient (Wildman–Crippen LogP) is 3.76. The molecule has 0 radical (unpaired) electrons. The van der Waals surface area contributed by atoms with Crippen molar-refractivity contribution in [2.24, 2.45) is 5.92 Å². The molecule has 5 nitrogen and oxygen atoms in total. The SMILES string of the molecule is N#Cc1ccc(NC(=O)C2CSCN2C(=O)CCC2CCCCC2)cc1. The summed E-state index contributed by atoms with van der Waals surface area (Å²) >= 11 is 1.63. The van der Waals surface area contributed by atoms with Crippen LogP contribution >= 0.6 is 11.8 Å². The molecule has 1 aromatic rings. The van der Waals surface area contributed by atoms with Crippen LogP contribution in [0, 0.1) is 17.2 Å². The van der Waals surface area contributed by atoms with Crippen LogP contribution in [0.25, 0.3) is 0 Å². The molecule has 1 aliphatic carbocycles. The van der Waals surface area contributed by atoms with Crippen molar-refractivity contribution in [1.82, 2.24) is 4.90 Å². The number of benzene rings is 1. The first-order valence-corrected chi connectivity index (χ1v) is 10.5. The molecule has 1 aliphatic heterocycles. The monoisotopic (exact) mass is 371 g/mol. The zero-order chi connectivity index (χ0) is 18.4. The number of carbonyl (C=O) groups excluding carboxylic acids is 2. The highest BCUT2D eigenvalue weighted by Crippen LogP contribution is 2.29. The van der Waals surface area contributed by atoms with Crippen molar-refractivity contribution < 1.29 is 9.59 Å². The van der Waals surface area contributed by atoms with Crippen LogP contribution in [0.4, 0.5) is 5.69 Å². The molecule has 0 bridgehead atoms. The van der Waals surface area contributed by atoms with Crippen LogP contribution in [0.5, 0.6) is 0 Å². The van der Waals surface area contributed by atoms with Gasteiger partial charge in [0.1, 0.15) is 6.04 Å². The van der Waals surface area contributed by atoms with E-state index in [1.807, 2.05) is 0 Å². The molecule has 1 atom stereocenters. The maximum absolute atomic E-state index is 12.6.